The summed E-state index contributed by atoms with van der Waals surface area (Å²) >= 11 is 0. The van der Waals surface area contributed by atoms with Gasteiger partial charge in [0.25, 0.3) is 0 Å². The van der Waals surface area contributed by atoms with Crippen LogP contribution in [0.1, 0.15) is 32.6 Å². The van der Waals surface area contributed by atoms with Crippen molar-refractivity contribution in [2.24, 2.45) is 5.73 Å². The fraction of sp³-hybridized carbons (Fsp3) is 1.00. The molecule has 0 aliphatic rings. The summed E-state index contributed by atoms with van der Waals surface area (Å²) in [6.45, 7) is 4.53. The van der Waals surface area contributed by atoms with Crippen LogP contribution in [0.2, 0.25) is 0 Å². The Morgan fingerprint density at radius 3 is 2.33 bits per heavy atom. The molecular formula is C10H25N3O2. The van der Waals surface area contributed by atoms with Gasteiger partial charge >= 0.3 is 0 Å². The fourth-order valence-corrected chi connectivity index (χ4v) is 1.55. The van der Waals surface area contributed by atoms with E-state index in [0.717, 1.165) is 38.8 Å². The van der Waals surface area contributed by atoms with Crippen LogP contribution in [0.25, 0.3) is 0 Å². The molecule has 1 atom stereocenters. The number of rotatable bonds is 9. The molecule has 0 heterocycles. The first-order valence-corrected chi connectivity index (χ1v) is 5.69. The molecule has 0 aromatic heterocycles. The molecule has 15 heavy (non-hydrogen) atoms. The van der Waals surface area contributed by atoms with Crippen molar-refractivity contribution < 1.29 is 9.58 Å². The molecular weight excluding hydrogens is 194 g/mol. The molecule has 0 saturated carbocycles. The van der Waals surface area contributed by atoms with Gasteiger partial charge in [-0.15, -0.1) is 4.94 Å². The molecule has 92 valence electrons. The number of hydrogen-bond acceptors (Lipinski definition) is 4. The van der Waals surface area contributed by atoms with E-state index in [1.54, 1.807) is 0 Å². The van der Waals surface area contributed by atoms with Crippen molar-refractivity contribution in [1.29, 1.82) is 0 Å². The van der Waals surface area contributed by atoms with Crippen LogP contribution in [0.3, 0.4) is 0 Å². The maximum atomic E-state index is 10.9. The standard InChI is InChI=1S/C10H25N3O2/c1-4-5-9-13(3,15-12(2)14)10-7-6-8-11/h4-11H2,1-3H3. The molecule has 1 unspecified atom stereocenters. The molecule has 0 aliphatic carbocycles. The lowest BCUT2D eigenvalue weighted by Crippen LogP contribution is -2.48. The molecule has 5 heteroatoms. The molecule has 0 bridgehead atoms. The summed E-state index contributed by atoms with van der Waals surface area (Å²) in [5.74, 6) is 0. The Bertz CT molecular complexity index is 156. The third-order valence-electron chi connectivity index (χ3n) is 2.38. The van der Waals surface area contributed by atoms with E-state index in [9.17, 15) is 5.21 Å². The Morgan fingerprint density at radius 2 is 1.87 bits per heavy atom. The second kappa shape index (κ2) is 8.01. The van der Waals surface area contributed by atoms with Gasteiger partial charge in [0, 0.05) is 13.5 Å². The van der Waals surface area contributed by atoms with Gasteiger partial charge in [0.1, 0.15) is 20.1 Å². The van der Waals surface area contributed by atoms with Crippen molar-refractivity contribution in [3.8, 4) is 0 Å². The van der Waals surface area contributed by atoms with Gasteiger partial charge in [0.05, 0.1) is 0 Å². The summed E-state index contributed by atoms with van der Waals surface area (Å²) in [6, 6.07) is 0. The van der Waals surface area contributed by atoms with Gasteiger partial charge in [-0.3, -0.25) is 0 Å². The average Bonchev–Trinajstić information content (AvgIpc) is 2.14. The second-order valence-corrected chi connectivity index (χ2v) is 4.11. The van der Waals surface area contributed by atoms with E-state index in [1.165, 1.54) is 7.05 Å². The molecule has 0 aliphatic heterocycles. The first kappa shape index (κ1) is 14.8. The topological polar surface area (TPSA) is 61.5 Å². The Morgan fingerprint density at radius 1 is 1.27 bits per heavy atom. The Hall–Kier alpha value is -0.200. The predicted octanol–water partition coefficient (Wildman–Crippen LogP) is 1.25. The van der Waals surface area contributed by atoms with Crippen molar-refractivity contribution >= 4 is 0 Å². The van der Waals surface area contributed by atoms with Crippen LogP contribution in [-0.4, -0.2) is 43.6 Å². The van der Waals surface area contributed by atoms with Crippen molar-refractivity contribution in [2.75, 3.05) is 33.7 Å². The van der Waals surface area contributed by atoms with Gasteiger partial charge in [-0.2, -0.15) is 4.65 Å². The van der Waals surface area contributed by atoms with E-state index in [2.05, 4.69) is 6.92 Å². The largest absolute Gasteiger partial charge is 0.758 e. The highest BCUT2D eigenvalue weighted by Crippen LogP contribution is 2.10. The van der Waals surface area contributed by atoms with E-state index in [4.69, 9.17) is 10.7 Å². The molecule has 0 amide bonds. The smallest absolute Gasteiger partial charge is 0.110 e. The molecule has 0 rings (SSSR count). The van der Waals surface area contributed by atoms with Gasteiger partial charge in [-0.1, -0.05) is 13.3 Å². The molecule has 2 N–H and O–H groups in total. The van der Waals surface area contributed by atoms with Crippen LogP contribution in [0.5, 0.6) is 0 Å². The quantitative estimate of drug-likeness (QED) is 0.360. The molecule has 5 nitrogen and oxygen atoms in total. The highest BCUT2D eigenvalue weighted by atomic mass is 17.0. The van der Waals surface area contributed by atoms with Crippen LogP contribution < -0.4 is 5.73 Å². The van der Waals surface area contributed by atoms with Crippen LogP contribution in [-0.2, 0) is 4.94 Å². The van der Waals surface area contributed by atoms with Crippen molar-refractivity contribution in [3.63, 3.8) is 0 Å². The maximum absolute atomic E-state index is 10.9. The molecule has 0 spiro atoms. The van der Waals surface area contributed by atoms with E-state index in [-0.39, 0.29) is 0 Å². The summed E-state index contributed by atoms with van der Waals surface area (Å²) in [4.78, 5) is 5.26. The zero-order valence-electron chi connectivity index (χ0n) is 10.2. The zero-order valence-corrected chi connectivity index (χ0v) is 10.2. The summed E-state index contributed by atoms with van der Waals surface area (Å²) < 4.78 is 0.355. The summed E-state index contributed by atoms with van der Waals surface area (Å²) in [6.07, 6.45) is 4.14. The predicted molar refractivity (Wildman–Crippen MR) is 61.3 cm³/mol. The minimum absolute atomic E-state index is 0.355. The lowest BCUT2D eigenvalue weighted by Gasteiger charge is -2.36. The zero-order chi connectivity index (χ0) is 11.7. The van der Waals surface area contributed by atoms with Crippen LogP contribution in [0.4, 0.5) is 0 Å². The number of nitrogens with two attached hydrogens (primary N) is 1. The van der Waals surface area contributed by atoms with E-state index in [0.29, 0.717) is 16.4 Å². The maximum Gasteiger partial charge on any atom is 0.110 e. The third-order valence-corrected chi connectivity index (χ3v) is 2.38. The van der Waals surface area contributed by atoms with Gasteiger partial charge in [-0.25, -0.2) is 5.23 Å². The first-order valence-electron chi connectivity index (χ1n) is 5.69. The van der Waals surface area contributed by atoms with Crippen LogP contribution in [0.15, 0.2) is 0 Å². The van der Waals surface area contributed by atoms with E-state index in [1.807, 2.05) is 7.05 Å². The number of quaternary nitrogens is 1. The number of hydrogen-bond donors (Lipinski definition) is 1. The van der Waals surface area contributed by atoms with Crippen LogP contribution in [0, 0.1) is 5.21 Å². The molecule has 0 radical (unpaired) electrons. The Balaban J connectivity index is 4.01. The van der Waals surface area contributed by atoms with E-state index >= 15 is 0 Å². The lowest BCUT2D eigenvalue weighted by atomic mass is 10.2. The molecule has 0 saturated heterocycles. The Kier molecular flexibility index (Phi) is 7.90. The van der Waals surface area contributed by atoms with Crippen molar-refractivity contribution in [2.45, 2.75) is 32.6 Å². The Labute approximate surface area is 92.9 Å². The number of nitrogens with zero attached hydrogens (tertiary/aromatic N) is 2. The number of unbranched alkanes of at least 4 members (excludes halogenated alkanes) is 2. The van der Waals surface area contributed by atoms with Crippen molar-refractivity contribution in [3.05, 3.63) is 5.21 Å². The highest BCUT2D eigenvalue weighted by molar-refractivity contribution is 4.40. The molecule has 0 aromatic rings. The molecule has 0 aromatic carbocycles. The minimum atomic E-state index is 0.355. The second-order valence-electron chi connectivity index (χ2n) is 4.11. The first-order chi connectivity index (χ1) is 7.04. The van der Waals surface area contributed by atoms with Gasteiger partial charge in [-0.05, 0) is 19.4 Å². The number of hydroxylamine groups is 5. The van der Waals surface area contributed by atoms with Gasteiger partial charge in [0.2, 0.25) is 0 Å². The third kappa shape index (κ3) is 7.70. The summed E-state index contributed by atoms with van der Waals surface area (Å²) in [5.41, 5.74) is 5.44. The minimum Gasteiger partial charge on any atom is -0.758 e. The fourth-order valence-electron chi connectivity index (χ4n) is 1.55. The van der Waals surface area contributed by atoms with Gasteiger partial charge < -0.3 is 10.9 Å². The monoisotopic (exact) mass is 219 g/mol. The van der Waals surface area contributed by atoms with Gasteiger partial charge in [0.15, 0.2) is 0 Å². The average molecular weight is 219 g/mol. The van der Waals surface area contributed by atoms with Crippen LogP contribution >= 0.6 is 0 Å². The van der Waals surface area contributed by atoms with Crippen molar-refractivity contribution in [1.82, 2.24) is 5.23 Å². The lowest BCUT2D eigenvalue weighted by molar-refractivity contribution is -1.11. The normalized spacial score (nSPS) is 15.6. The van der Waals surface area contributed by atoms with E-state index < -0.39 is 0 Å². The summed E-state index contributed by atoms with van der Waals surface area (Å²) in [5, 5.41) is 11.4. The highest BCUT2D eigenvalue weighted by Gasteiger charge is 2.23. The molecule has 0 fully saturated rings. The summed E-state index contributed by atoms with van der Waals surface area (Å²) in [7, 11) is 3.33. The SMILES string of the molecule is CCCC[N+](C)(CCCCN)ON(C)[O-].